The fraction of sp³-hybridized carbons (Fsp3) is 0.333. The van der Waals surface area contributed by atoms with Crippen LogP contribution in [0.5, 0.6) is 11.5 Å². The van der Waals surface area contributed by atoms with Crippen molar-refractivity contribution in [3.8, 4) is 11.5 Å². The highest BCUT2D eigenvalue weighted by atomic mass is 19.4. The molecule has 0 aromatic heterocycles. The third-order valence-corrected chi connectivity index (χ3v) is 5.28. The molecule has 5 nitrogen and oxygen atoms in total. The number of Topliss-reactive ketones (excluding diaryl/α,β-unsaturated/α-hetero) is 1. The van der Waals surface area contributed by atoms with Gasteiger partial charge in [-0.15, -0.1) is 0 Å². The number of hydrogen-bond donors (Lipinski definition) is 1. The third-order valence-electron chi connectivity index (χ3n) is 5.28. The van der Waals surface area contributed by atoms with Crippen LogP contribution in [0.2, 0.25) is 0 Å². The van der Waals surface area contributed by atoms with E-state index in [-0.39, 0.29) is 24.5 Å². The third kappa shape index (κ3) is 3.66. The second-order valence-corrected chi connectivity index (χ2v) is 7.15. The van der Waals surface area contributed by atoms with E-state index in [1.165, 1.54) is 12.1 Å². The Hall–Kier alpha value is -3.03. The largest absolute Gasteiger partial charge is 0.492 e. The first-order valence-electron chi connectivity index (χ1n) is 9.12. The molecule has 29 heavy (non-hydrogen) atoms. The van der Waals surface area contributed by atoms with E-state index in [1.54, 1.807) is 24.3 Å². The van der Waals surface area contributed by atoms with Gasteiger partial charge in [-0.25, -0.2) is 0 Å². The van der Waals surface area contributed by atoms with Crippen LogP contribution in [-0.4, -0.2) is 29.6 Å². The van der Waals surface area contributed by atoms with Crippen molar-refractivity contribution in [3.05, 3.63) is 58.7 Å². The number of fused-ring (bicyclic) bond motifs is 2. The van der Waals surface area contributed by atoms with Crippen molar-refractivity contribution >= 4 is 11.8 Å². The first kappa shape index (κ1) is 19.3. The Morgan fingerprint density at radius 2 is 1.97 bits per heavy atom. The number of benzene rings is 2. The van der Waals surface area contributed by atoms with Gasteiger partial charge in [-0.1, -0.05) is 24.3 Å². The summed E-state index contributed by atoms with van der Waals surface area (Å²) >= 11 is 0. The molecule has 1 heterocycles. The Bertz CT molecular complexity index is 983. The molecule has 2 atom stereocenters. The molecule has 4 rings (SSSR count). The molecule has 0 saturated heterocycles. The van der Waals surface area contributed by atoms with Gasteiger partial charge in [0.1, 0.15) is 17.6 Å². The average Bonchev–Trinajstić information content (AvgIpc) is 3.24. The van der Waals surface area contributed by atoms with E-state index in [1.807, 2.05) is 0 Å². The van der Waals surface area contributed by atoms with Crippen molar-refractivity contribution in [2.24, 2.45) is 0 Å². The fourth-order valence-corrected chi connectivity index (χ4v) is 3.98. The summed E-state index contributed by atoms with van der Waals surface area (Å²) in [5.41, 5.74) is 1.42. The zero-order chi connectivity index (χ0) is 20.8. The number of carboxylic acids is 1. The van der Waals surface area contributed by atoms with Crippen molar-refractivity contribution in [2.75, 3.05) is 6.61 Å². The molecule has 1 N–H and O–H groups in total. The molecule has 8 heteroatoms. The van der Waals surface area contributed by atoms with Gasteiger partial charge in [0.25, 0.3) is 5.78 Å². The molecule has 2 aromatic rings. The van der Waals surface area contributed by atoms with E-state index in [9.17, 15) is 22.8 Å². The number of aliphatic carboxylic acids is 1. The highest BCUT2D eigenvalue weighted by molar-refractivity contribution is 6.01. The Balaban J connectivity index is 1.55. The lowest BCUT2D eigenvalue weighted by Gasteiger charge is -2.16. The van der Waals surface area contributed by atoms with Gasteiger partial charge in [0.2, 0.25) is 0 Å². The lowest BCUT2D eigenvalue weighted by Crippen LogP contribution is -2.24. The predicted molar refractivity (Wildman–Crippen MR) is 95.4 cm³/mol. The average molecular weight is 406 g/mol. The minimum absolute atomic E-state index is 0.0286. The number of hydrogen-bond acceptors (Lipinski definition) is 4. The van der Waals surface area contributed by atoms with Crippen LogP contribution in [0.25, 0.3) is 0 Å². The van der Waals surface area contributed by atoms with Gasteiger partial charge >= 0.3 is 12.1 Å². The van der Waals surface area contributed by atoms with Gasteiger partial charge in [-0.2, -0.15) is 13.2 Å². The van der Waals surface area contributed by atoms with E-state index >= 15 is 0 Å². The lowest BCUT2D eigenvalue weighted by atomic mass is 9.98. The maximum absolute atomic E-state index is 12.9. The Kier molecular flexibility index (Phi) is 4.72. The van der Waals surface area contributed by atoms with Gasteiger partial charge in [-0.05, 0) is 30.0 Å². The van der Waals surface area contributed by atoms with Crippen LogP contribution in [-0.2, 0) is 11.2 Å². The zero-order valence-corrected chi connectivity index (χ0v) is 15.2. The number of alkyl halides is 3. The van der Waals surface area contributed by atoms with Crippen LogP contribution in [0.1, 0.15) is 51.9 Å². The maximum Gasteiger partial charge on any atom is 0.454 e. The van der Waals surface area contributed by atoms with E-state index in [0.717, 1.165) is 5.56 Å². The van der Waals surface area contributed by atoms with Gasteiger partial charge in [0.15, 0.2) is 0 Å². The molecule has 0 spiro atoms. The van der Waals surface area contributed by atoms with Crippen LogP contribution < -0.4 is 9.47 Å². The number of carbonyl (C=O) groups is 2. The normalized spacial score (nSPS) is 20.0. The van der Waals surface area contributed by atoms with Gasteiger partial charge < -0.3 is 14.6 Å². The number of carboxylic acid groups (broad SMARTS) is 1. The molecule has 0 fully saturated rings. The van der Waals surface area contributed by atoms with Crippen molar-refractivity contribution in [1.29, 1.82) is 0 Å². The van der Waals surface area contributed by atoms with Crippen LogP contribution >= 0.6 is 0 Å². The Morgan fingerprint density at radius 3 is 2.69 bits per heavy atom. The van der Waals surface area contributed by atoms with Crippen LogP contribution in [0.15, 0.2) is 36.4 Å². The molecule has 0 radical (unpaired) electrons. The monoisotopic (exact) mass is 406 g/mol. The summed E-state index contributed by atoms with van der Waals surface area (Å²) in [6, 6.07) is 9.42. The predicted octanol–water partition coefficient (Wildman–Crippen LogP) is 4.45. The van der Waals surface area contributed by atoms with Gasteiger partial charge in [0.05, 0.1) is 13.0 Å². The first-order valence-corrected chi connectivity index (χ1v) is 9.12. The molecule has 2 aliphatic rings. The van der Waals surface area contributed by atoms with Crippen LogP contribution in [0.3, 0.4) is 0 Å². The molecule has 1 aliphatic carbocycles. The molecular weight excluding hydrogens is 389 g/mol. The second kappa shape index (κ2) is 7.09. The quantitative estimate of drug-likeness (QED) is 0.743. The molecule has 0 saturated carbocycles. The summed E-state index contributed by atoms with van der Waals surface area (Å²) in [7, 11) is 0. The number of carbonyl (C=O) groups excluding carboxylic acids is 1. The van der Waals surface area contributed by atoms with Crippen molar-refractivity contribution in [1.82, 2.24) is 0 Å². The fourth-order valence-electron chi connectivity index (χ4n) is 3.98. The smallest absolute Gasteiger partial charge is 0.454 e. The van der Waals surface area contributed by atoms with Crippen molar-refractivity contribution in [2.45, 2.75) is 37.5 Å². The number of halogens is 3. The molecule has 1 aliphatic heterocycles. The summed E-state index contributed by atoms with van der Waals surface area (Å²) in [5, 5.41) is 8.97. The topological polar surface area (TPSA) is 72.8 Å². The SMILES string of the molecule is O=C(O)CC1COc2cc(O[C@@H]3CCc4c(C(=O)C(F)(F)F)cccc43)ccc21. The van der Waals surface area contributed by atoms with Crippen molar-refractivity contribution < 1.29 is 37.3 Å². The van der Waals surface area contributed by atoms with Gasteiger partial charge in [0, 0.05) is 23.1 Å². The van der Waals surface area contributed by atoms with Gasteiger partial charge in [-0.3, -0.25) is 9.59 Å². The highest BCUT2D eigenvalue weighted by Gasteiger charge is 2.42. The van der Waals surface area contributed by atoms with Crippen LogP contribution in [0, 0.1) is 0 Å². The summed E-state index contributed by atoms with van der Waals surface area (Å²) in [4.78, 5) is 22.6. The minimum atomic E-state index is -4.92. The molecule has 152 valence electrons. The summed E-state index contributed by atoms with van der Waals surface area (Å²) in [6.45, 7) is 0.278. The highest BCUT2D eigenvalue weighted by Crippen LogP contribution is 2.42. The molecule has 2 aromatic carbocycles. The number of rotatable bonds is 5. The minimum Gasteiger partial charge on any atom is -0.492 e. The zero-order valence-electron chi connectivity index (χ0n) is 15.2. The molecular formula is C21H17F3O5. The second-order valence-electron chi connectivity index (χ2n) is 7.15. The first-order chi connectivity index (χ1) is 13.7. The number of ether oxygens (including phenoxy) is 2. The Morgan fingerprint density at radius 1 is 1.17 bits per heavy atom. The molecule has 0 amide bonds. The van der Waals surface area contributed by atoms with Crippen LogP contribution in [0.4, 0.5) is 13.2 Å². The molecule has 0 bridgehead atoms. The van der Waals surface area contributed by atoms with E-state index in [4.69, 9.17) is 14.6 Å². The summed E-state index contributed by atoms with van der Waals surface area (Å²) < 4.78 is 50.1. The standard InChI is InChI=1S/C21H17F3O5/c22-21(23,24)20(27)16-3-1-2-15-14(16)6-7-17(15)29-12-4-5-13-11(8-19(25)26)10-28-18(13)9-12/h1-5,9,11,17H,6-8,10H2,(H,25,26)/t11?,17-/m1/s1. The maximum atomic E-state index is 12.9. The number of ketones is 1. The van der Waals surface area contributed by atoms with E-state index < -0.39 is 24.0 Å². The van der Waals surface area contributed by atoms with E-state index in [0.29, 0.717) is 35.5 Å². The van der Waals surface area contributed by atoms with E-state index in [2.05, 4.69) is 0 Å². The lowest BCUT2D eigenvalue weighted by molar-refractivity contribution is -0.137. The Labute approximate surface area is 164 Å². The summed E-state index contributed by atoms with van der Waals surface area (Å²) in [5.74, 6) is -1.94. The molecule has 1 unspecified atom stereocenters. The van der Waals surface area contributed by atoms with Crippen molar-refractivity contribution in [3.63, 3.8) is 0 Å². The summed E-state index contributed by atoms with van der Waals surface area (Å²) in [6.07, 6.45) is -4.64.